The van der Waals surface area contributed by atoms with Crippen LogP contribution in [0.3, 0.4) is 0 Å². The molecule has 7 heteroatoms. The Kier molecular flexibility index (Phi) is 5.67. The lowest BCUT2D eigenvalue weighted by atomic mass is 9.97. The molecule has 2 atom stereocenters. The molecule has 0 saturated carbocycles. The third-order valence-corrected chi connectivity index (χ3v) is 4.31. The molecule has 2 aromatic rings. The van der Waals surface area contributed by atoms with E-state index in [4.69, 9.17) is 15.2 Å². The summed E-state index contributed by atoms with van der Waals surface area (Å²) in [6, 6.07) is 7.65. The maximum absolute atomic E-state index is 10.7. The Morgan fingerprint density at radius 1 is 1.44 bits per heavy atom. The van der Waals surface area contributed by atoms with E-state index in [1.807, 2.05) is 48.4 Å². The van der Waals surface area contributed by atoms with E-state index in [0.29, 0.717) is 11.7 Å². The number of primary amides is 1. The number of hydrogen-bond donors (Lipinski definition) is 2. The van der Waals surface area contributed by atoms with Gasteiger partial charge in [0, 0.05) is 44.4 Å². The predicted octanol–water partition coefficient (Wildman–Crippen LogP) is 1.15. The predicted molar refractivity (Wildman–Crippen MR) is 92.8 cm³/mol. The molecule has 2 heterocycles. The number of rotatable bonds is 8. The van der Waals surface area contributed by atoms with Crippen LogP contribution in [0, 0.1) is 5.92 Å². The van der Waals surface area contributed by atoms with Gasteiger partial charge in [-0.25, -0.2) is 0 Å². The summed E-state index contributed by atoms with van der Waals surface area (Å²) < 4.78 is 12.9. The van der Waals surface area contributed by atoms with E-state index in [2.05, 4.69) is 10.4 Å². The first-order chi connectivity index (χ1) is 12.1. The molecule has 7 nitrogen and oxygen atoms in total. The first-order valence-electron chi connectivity index (χ1n) is 8.43. The minimum absolute atomic E-state index is 0.102. The van der Waals surface area contributed by atoms with Crippen molar-refractivity contribution in [3.05, 3.63) is 47.8 Å². The number of aromatic nitrogens is 2. The van der Waals surface area contributed by atoms with Gasteiger partial charge < -0.3 is 20.5 Å². The number of hydrogen-bond acceptors (Lipinski definition) is 5. The zero-order valence-electron chi connectivity index (χ0n) is 14.4. The number of benzene rings is 1. The van der Waals surface area contributed by atoms with Crippen LogP contribution in [0.1, 0.15) is 23.7 Å². The van der Waals surface area contributed by atoms with Crippen molar-refractivity contribution in [2.75, 3.05) is 19.8 Å². The second kappa shape index (κ2) is 8.13. The van der Waals surface area contributed by atoms with E-state index in [0.717, 1.165) is 37.2 Å². The Morgan fingerprint density at radius 3 is 2.92 bits per heavy atom. The van der Waals surface area contributed by atoms with Crippen LogP contribution < -0.4 is 15.8 Å². The first kappa shape index (κ1) is 17.4. The van der Waals surface area contributed by atoms with Crippen LogP contribution in [-0.2, 0) is 23.1 Å². The van der Waals surface area contributed by atoms with Gasteiger partial charge in [0.15, 0.2) is 6.61 Å². The second-order valence-electron chi connectivity index (χ2n) is 6.32. The fourth-order valence-electron chi connectivity index (χ4n) is 3.06. The molecular formula is C18H24N4O3. The van der Waals surface area contributed by atoms with Crippen molar-refractivity contribution < 1.29 is 14.3 Å². The summed E-state index contributed by atoms with van der Waals surface area (Å²) in [6.07, 6.45) is 5.07. The highest BCUT2D eigenvalue weighted by atomic mass is 16.5. The van der Waals surface area contributed by atoms with E-state index in [-0.39, 0.29) is 12.7 Å². The lowest BCUT2D eigenvalue weighted by molar-refractivity contribution is -0.119. The molecule has 1 amide bonds. The van der Waals surface area contributed by atoms with E-state index in [1.54, 1.807) is 0 Å². The van der Waals surface area contributed by atoms with Crippen LogP contribution in [0.4, 0.5) is 0 Å². The van der Waals surface area contributed by atoms with Crippen molar-refractivity contribution in [1.82, 2.24) is 15.1 Å². The largest absolute Gasteiger partial charge is 0.484 e. The second-order valence-corrected chi connectivity index (χ2v) is 6.32. The number of ether oxygens (including phenoxy) is 2. The van der Waals surface area contributed by atoms with E-state index in [1.165, 1.54) is 0 Å². The number of carbonyl (C=O) groups excluding carboxylic acids is 1. The zero-order valence-corrected chi connectivity index (χ0v) is 14.4. The third-order valence-electron chi connectivity index (χ3n) is 4.31. The highest BCUT2D eigenvalue weighted by Crippen LogP contribution is 2.33. The molecule has 3 N–H and O–H groups in total. The standard InChI is InChI=1S/C18H24N4O3/c1-22-11-15(10-21-22)18-14(6-7-24-18)9-20-8-13-2-4-16(5-3-13)25-12-17(19)23/h2-5,10-11,14,18,20H,6-9,12H2,1H3,(H2,19,23)/t14-,18+/m0/s1. The fraction of sp³-hybridized carbons (Fsp3) is 0.444. The van der Waals surface area contributed by atoms with Gasteiger partial charge in [0.2, 0.25) is 0 Å². The number of carbonyl (C=O) groups is 1. The number of nitrogens with one attached hydrogen (secondary N) is 1. The summed E-state index contributed by atoms with van der Waals surface area (Å²) in [6.45, 7) is 2.35. The molecule has 1 aromatic carbocycles. The van der Waals surface area contributed by atoms with E-state index in [9.17, 15) is 4.79 Å². The summed E-state index contributed by atoms with van der Waals surface area (Å²) in [5.74, 6) is 0.610. The van der Waals surface area contributed by atoms with Gasteiger partial charge in [-0.15, -0.1) is 0 Å². The van der Waals surface area contributed by atoms with Gasteiger partial charge in [-0.1, -0.05) is 12.1 Å². The quantitative estimate of drug-likeness (QED) is 0.750. The van der Waals surface area contributed by atoms with Gasteiger partial charge in [0.25, 0.3) is 5.91 Å². The van der Waals surface area contributed by atoms with Crippen LogP contribution in [0.25, 0.3) is 0 Å². The van der Waals surface area contributed by atoms with Gasteiger partial charge >= 0.3 is 0 Å². The molecule has 0 aliphatic carbocycles. The summed E-state index contributed by atoms with van der Waals surface area (Å²) in [5, 5.41) is 7.73. The topological polar surface area (TPSA) is 91.4 Å². The van der Waals surface area contributed by atoms with Crippen molar-refractivity contribution in [3.8, 4) is 5.75 Å². The maximum atomic E-state index is 10.7. The average Bonchev–Trinajstić information content (AvgIpc) is 3.22. The van der Waals surface area contributed by atoms with E-state index < -0.39 is 5.91 Å². The Labute approximate surface area is 147 Å². The molecule has 0 spiro atoms. The lowest BCUT2D eigenvalue weighted by Crippen LogP contribution is -2.24. The molecule has 0 unspecified atom stereocenters. The Morgan fingerprint density at radius 2 is 2.24 bits per heavy atom. The summed E-state index contributed by atoms with van der Waals surface area (Å²) in [5.41, 5.74) is 7.36. The summed E-state index contributed by atoms with van der Waals surface area (Å²) in [7, 11) is 1.92. The molecule has 1 aliphatic rings. The Balaban J connectivity index is 1.46. The monoisotopic (exact) mass is 344 g/mol. The van der Waals surface area contributed by atoms with Gasteiger partial charge in [-0.3, -0.25) is 9.48 Å². The lowest BCUT2D eigenvalue weighted by Gasteiger charge is -2.18. The van der Waals surface area contributed by atoms with Crippen LogP contribution in [0.5, 0.6) is 5.75 Å². The van der Waals surface area contributed by atoms with Crippen LogP contribution in [-0.4, -0.2) is 35.4 Å². The SMILES string of the molecule is Cn1cc([C@@H]2OCC[C@H]2CNCc2ccc(OCC(N)=O)cc2)cn1. The minimum Gasteiger partial charge on any atom is -0.484 e. The van der Waals surface area contributed by atoms with Crippen molar-refractivity contribution in [2.24, 2.45) is 18.7 Å². The molecule has 25 heavy (non-hydrogen) atoms. The number of nitrogens with two attached hydrogens (primary N) is 1. The summed E-state index contributed by atoms with van der Waals surface area (Å²) >= 11 is 0. The van der Waals surface area contributed by atoms with Gasteiger partial charge in [-0.05, 0) is 24.1 Å². The van der Waals surface area contributed by atoms with Crippen molar-refractivity contribution in [3.63, 3.8) is 0 Å². The van der Waals surface area contributed by atoms with Crippen molar-refractivity contribution in [2.45, 2.75) is 19.1 Å². The minimum atomic E-state index is -0.479. The van der Waals surface area contributed by atoms with Gasteiger partial charge in [0.05, 0.1) is 12.3 Å². The average molecular weight is 344 g/mol. The summed E-state index contributed by atoms with van der Waals surface area (Å²) in [4.78, 5) is 10.7. The van der Waals surface area contributed by atoms with Crippen molar-refractivity contribution in [1.29, 1.82) is 0 Å². The molecule has 3 rings (SSSR count). The Hall–Kier alpha value is -2.38. The highest BCUT2D eigenvalue weighted by Gasteiger charge is 2.30. The van der Waals surface area contributed by atoms with Gasteiger partial charge in [-0.2, -0.15) is 5.10 Å². The Bertz CT molecular complexity index is 699. The number of aryl methyl sites for hydroxylation is 1. The maximum Gasteiger partial charge on any atom is 0.255 e. The molecular weight excluding hydrogens is 320 g/mol. The molecule has 1 aliphatic heterocycles. The normalized spacial score (nSPS) is 19.9. The number of nitrogens with zero attached hydrogens (tertiary/aromatic N) is 2. The van der Waals surface area contributed by atoms with Crippen LogP contribution in [0.15, 0.2) is 36.7 Å². The van der Waals surface area contributed by atoms with Crippen LogP contribution >= 0.6 is 0 Å². The van der Waals surface area contributed by atoms with Crippen molar-refractivity contribution >= 4 is 5.91 Å². The molecule has 0 bridgehead atoms. The molecule has 0 radical (unpaired) electrons. The fourth-order valence-corrected chi connectivity index (χ4v) is 3.06. The number of amides is 1. The van der Waals surface area contributed by atoms with Crippen LogP contribution in [0.2, 0.25) is 0 Å². The molecule has 1 fully saturated rings. The van der Waals surface area contributed by atoms with Gasteiger partial charge in [0.1, 0.15) is 5.75 Å². The molecule has 1 saturated heterocycles. The smallest absolute Gasteiger partial charge is 0.255 e. The van der Waals surface area contributed by atoms with E-state index >= 15 is 0 Å². The zero-order chi connectivity index (χ0) is 17.6. The highest BCUT2D eigenvalue weighted by molar-refractivity contribution is 5.75. The third kappa shape index (κ3) is 4.80. The molecule has 134 valence electrons. The first-order valence-corrected chi connectivity index (χ1v) is 8.43. The molecule has 1 aromatic heterocycles.